The molecule has 5 aromatic rings. The van der Waals surface area contributed by atoms with Crippen LogP contribution < -0.4 is 15.8 Å². The minimum absolute atomic E-state index is 0.226. The van der Waals surface area contributed by atoms with Crippen LogP contribution in [0.5, 0.6) is 5.75 Å². The SMILES string of the molecule is COc1ccc(-c2cc(-c3ccco3)c3c(N)c(C(=O)NCc4ccccc4)sc3n2)cc1. The van der Waals surface area contributed by atoms with Gasteiger partial charge in [0.2, 0.25) is 0 Å². The number of amides is 1. The lowest BCUT2D eigenvalue weighted by Gasteiger charge is -2.07. The Bertz CT molecular complexity index is 1410. The number of aromatic nitrogens is 1. The second kappa shape index (κ2) is 8.80. The van der Waals surface area contributed by atoms with Crippen molar-refractivity contribution in [2.24, 2.45) is 0 Å². The molecule has 0 fully saturated rings. The van der Waals surface area contributed by atoms with E-state index in [1.54, 1.807) is 13.4 Å². The highest BCUT2D eigenvalue weighted by molar-refractivity contribution is 7.21. The number of anilines is 1. The third kappa shape index (κ3) is 4.06. The molecule has 7 heteroatoms. The van der Waals surface area contributed by atoms with Crippen molar-refractivity contribution in [3.63, 3.8) is 0 Å². The van der Waals surface area contributed by atoms with Crippen LogP contribution >= 0.6 is 11.3 Å². The normalized spacial score (nSPS) is 10.9. The number of methoxy groups -OCH3 is 1. The van der Waals surface area contributed by atoms with E-state index in [-0.39, 0.29) is 5.91 Å². The summed E-state index contributed by atoms with van der Waals surface area (Å²) in [6.45, 7) is 0.420. The molecular weight excluding hydrogens is 434 g/mol. The fraction of sp³-hybridized carbons (Fsp3) is 0.0769. The molecule has 0 saturated carbocycles. The van der Waals surface area contributed by atoms with Gasteiger partial charge in [0.15, 0.2) is 0 Å². The minimum Gasteiger partial charge on any atom is -0.497 e. The van der Waals surface area contributed by atoms with Crippen molar-refractivity contribution in [3.05, 3.63) is 89.5 Å². The van der Waals surface area contributed by atoms with Gasteiger partial charge in [-0.05, 0) is 48.0 Å². The molecule has 2 aromatic carbocycles. The van der Waals surface area contributed by atoms with Crippen molar-refractivity contribution in [2.75, 3.05) is 12.8 Å². The summed E-state index contributed by atoms with van der Waals surface area (Å²) >= 11 is 1.28. The number of ether oxygens (including phenoxy) is 1. The maximum atomic E-state index is 13.0. The van der Waals surface area contributed by atoms with Crippen LogP contribution in [-0.2, 0) is 6.54 Å². The Morgan fingerprint density at radius 1 is 1.09 bits per heavy atom. The highest BCUT2D eigenvalue weighted by atomic mass is 32.1. The van der Waals surface area contributed by atoms with E-state index in [2.05, 4.69) is 5.32 Å². The van der Waals surface area contributed by atoms with Crippen molar-refractivity contribution < 1.29 is 13.9 Å². The van der Waals surface area contributed by atoms with E-state index in [1.807, 2.05) is 72.8 Å². The zero-order valence-electron chi connectivity index (χ0n) is 17.9. The highest BCUT2D eigenvalue weighted by Gasteiger charge is 2.22. The van der Waals surface area contributed by atoms with Crippen LogP contribution in [0.15, 0.2) is 83.5 Å². The van der Waals surface area contributed by atoms with Crippen LogP contribution in [0.25, 0.3) is 32.8 Å². The van der Waals surface area contributed by atoms with Gasteiger partial charge >= 0.3 is 0 Å². The zero-order valence-corrected chi connectivity index (χ0v) is 18.7. The van der Waals surface area contributed by atoms with E-state index < -0.39 is 0 Å². The average molecular weight is 456 g/mol. The van der Waals surface area contributed by atoms with Gasteiger partial charge in [-0.2, -0.15) is 0 Å². The van der Waals surface area contributed by atoms with E-state index in [0.29, 0.717) is 27.7 Å². The number of carbonyl (C=O) groups excluding carboxylic acids is 1. The van der Waals surface area contributed by atoms with Gasteiger partial charge in [-0.25, -0.2) is 4.98 Å². The summed E-state index contributed by atoms with van der Waals surface area (Å²) in [4.78, 5) is 18.9. The molecule has 0 unspecified atom stereocenters. The van der Waals surface area contributed by atoms with E-state index in [1.165, 1.54) is 11.3 Å². The summed E-state index contributed by atoms with van der Waals surface area (Å²) < 4.78 is 10.9. The first-order valence-corrected chi connectivity index (χ1v) is 11.2. The summed E-state index contributed by atoms with van der Waals surface area (Å²) in [6, 6.07) is 23.1. The molecule has 5 rings (SSSR count). The Kier molecular flexibility index (Phi) is 5.54. The van der Waals surface area contributed by atoms with Crippen molar-refractivity contribution >= 4 is 33.1 Å². The first-order chi connectivity index (χ1) is 16.1. The third-order valence-electron chi connectivity index (χ3n) is 5.37. The lowest BCUT2D eigenvalue weighted by molar-refractivity contribution is 0.0956. The van der Waals surface area contributed by atoms with Crippen molar-refractivity contribution in [1.29, 1.82) is 0 Å². The van der Waals surface area contributed by atoms with Crippen LogP contribution in [0, 0.1) is 0 Å². The fourth-order valence-electron chi connectivity index (χ4n) is 3.68. The number of benzene rings is 2. The van der Waals surface area contributed by atoms with Crippen LogP contribution in [0.1, 0.15) is 15.2 Å². The number of thiophene rings is 1. The number of nitrogen functional groups attached to an aromatic ring is 1. The monoisotopic (exact) mass is 455 g/mol. The summed E-state index contributed by atoms with van der Waals surface area (Å²) in [5, 5.41) is 3.68. The summed E-state index contributed by atoms with van der Waals surface area (Å²) in [5.41, 5.74) is 10.4. The fourth-order valence-corrected chi connectivity index (χ4v) is 4.72. The molecule has 0 spiro atoms. The average Bonchev–Trinajstić information content (AvgIpc) is 3.51. The maximum absolute atomic E-state index is 13.0. The third-order valence-corrected chi connectivity index (χ3v) is 6.47. The number of fused-ring (bicyclic) bond motifs is 1. The Morgan fingerprint density at radius 3 is 2.58 bits per heavy atom. The molecule has 1 amide bonds. The number of hydrogen-bond acceptors (Lipinski definition) is 6. The summed E-state index contributed by atoms with van der Waals surface area (Å²) in [6.07, 6.45) is 1.62. The second-order valence-electron chi connectivity index (χ2n) is 7.45. The van der Waals surface area contributed by atoms with Gasteiger partial charge in [-0.3, -0.25) is 4.79 Å². The number of rotatable bonds is 6. The Balaban J connectivity index is 1.58. The highest BCUT2D eigenvalue weighted by Crippen LogP contribution is 2.41. The molecule has 33 heavy (non-hydrogen) atoms. The van der Waals surface area contributed by atoms with Crippen LogP contribution in [0.3, 0.4) is 0 Å². The molecule has 3 aromatic heterocycles. The molecule has 0 atom stereocenters. The number of carbonyl (C=O) groups is 1. The smallest absolute Gasteiger partial charge is 0.263 e. The lowest BCUT2D eigenvalue weighted by atomic mass is 10.0. The number of pyridine rings is 1. The van der Waals surface area contributed by atoms with Gasteiger partial charge in [-0.1, -0.05) is 30.3 Å². The van der Waals surface area contributed by atoms with Crippen LogP contribution in [-0.4, -0.2) is 18.0 Å². The predicted molar refractivity (Wildman–Crippen MR) is 131 cm³/mol. The quantitative estimate of drug-likeness (QED) is 0.340. The summed E-state index contributed by atoms with van der Waals surface area (Å²) in [5.74, 6) is 1.21. The molecule has 0 aliphatic rings. The van der Waals surface area contributed by atoms with E-state index in [4.69, 9.17) is 19.9 Å². The molecule has 6 nitrogen and oxygen atoms in total. The number of nitrogens with two attached hydrogens (primary N) is 1. The molecular formula is C26H21N3O3S. The zero-order chi connectivity index (χ0) is 22.8. The molecule has 0 aliphatic heterocycles. The van der Waals surface area contributed by atoms with Crippen LogP contribution in [0.2, 0.25) is 0 Å². The van der Waals surface area contributed by atoms with Crippen molar-refractivity contribution in [2.45, 2.75) is 6.54 Å². The van der Waals surface area contributed by atoms with Gasteiger partial charge in [-0.15, -0.1) is 11.3 Å². The Hall–Kier alpha value is -4.10. The second-order valence-corrected chi connectivity index (χ2v) is 8.45. The van der Waals surface area contributed by atoms with E-state index in [0.717, 1.165) is 33.5 Å². The number of furan rings is 1. The van der Waals surface area contributed by atoms with E-state index in [9.17, 15) is 4.79 Å². The predicted octanol–water partition coefficient (Wildman–Crippen LogP) is 5.74. The molecule has 0 aliphatic carbocycles. The van der Waals surface area contributed by atoms with Crippen molar-refractivity contribution in [1.82, 2.24) is 10.3 Å². The number of nitrogens with one attached hydrogen (secondary N) is 1. The minimum atomic E-state index is -0.226. The maximum Gasteiger partial charge on any atom is 0.263 e. The Morgan fingerprint density at radius 2 is 1.88 bits per heavy atom. The Labute approximate surface area is 194 Å². The van der Waals surface area contributed by atoms with Gasteiger partial charge in [0, 0.05) is 23.1 Å². The molecule has 3 N–H and O–H groups in total. The molecule has 3 heterocycles. The molecule has 164 valence electrons. The van der Waals surface area contributed by atoms with Gasteiger partial charge in [0.05, 0.1) is 24.8 Å². The van der Waals surface area contributed by atoms with Gasteiger partial charge < -0.3 is 20.2 Å². The van der Waals surface area contributed by atoms with Crippen LogP contribution in [0.4, 0.5) is 5.69 Å². The van der Waals surface area contributed by atoms with Gasteiger partial charge in [0.25, 0.3) is 5.91 Å². The molecule has 0 bridgehead atoms. The number of hydrogen-bond donors (Lipinski definition) is 2. The first kappa shape index (κ1) is 20.8. The molecule has 0 saturated heterocycles. The van der Waals surface area contributed by atoms with Crippen molar-refractivity contribution in [3.8, 4) is 28.3 Å². The largest absolute Gasteiger partial charge is 0.497 e. The standard InChI is InChI=1S/C26H21N3O3S/c1-31-18-11-9-17(10-12-18)20-14-19(21-8-5-13-32-21)22-23(27)24(33-26(22)29-20)25(30)28-15-16-6-3-2-4-7-16/h2-14H,15,27H2,1H3,(H,28,30). The summed E-state index contributed by atoms with van der Waals surface area (Å²) in [7, 11) is 1.63. The molecule has 0 radical (unpaired) electrons. The lowest BCUT2D eigenvalue weighted by Crippen LogP contribution is -2.22. The number of nitrogens with zero attached hydrogens (tertiary/aromatic N) is 1. The topological polar surface area (TPSA) is 90.4 Å². The van der Waals surface area contributed by atoms with Gasteiger partial charge in [0.1, 0.15) is 21.2 Å². The first-order valence-electron chi connectivity index (χ1n) is 10.4. The van der Waals surface area contributed by atoms with E-state index >= 15 is 0 Å².